The first kappa shape index (κ1) is 21.6. The molecule has 3 heterocycles. The molecular formula is C26H26N4O2S. The second-order valence-corrected chi connectivity index (χ2v) is 9.21. The number of rotatable bonds is 5. The van der Waals surface area contributed by atoms with Gasteiger partial charge in [0.15, 0.2) is 5.82 Å². The Morgan fingerprint density at radius 1 is 0.970 bits per heavy atom. The maximum Gasteiger partial charge on any atom is 0.348 e. The van der Waals surface area contributed by atoms with Crippen molar-refractivity contribution in [1.82, 2.24) is 14.9 Å². The Hall–Kier alpha value is -3.29. The average Bonchev–Trinajstić information content (AvgIpc) is 3.21. The van der Waals surface area contributed by atoms with Gasteiger partial charge in [-0.05, 0) is 18.1 Å². The molecule has 0 unspecified atom stereocenters. The van der Waals surface area contributed by atoms with Gasteiger partial charge in [-0.2, -0.15) is 0 Å². The highest BCUT2D eigenvalue weighted by molar-refractivity contribution is 7.20. The molecule has 0 spiro atoms. The Bertz CT molecular complexity index is 1270. The van der Waals surface area contributed by atoms with Crippen LogP contribution in [0.4, 0.5) is 5.82 Å². The standard InChI is InChI=1S/C26H26N4O2S/c1-18-21-24(30-15-13-29(14-16-30)17-19-9-5-3-6-10-19)27-23(20-11-7-4-8-12-20)28-25(21)33-22(18)26(31)32-2/h3-12H,13-17H2,1-2H3. The highest BCUT2D eigenvalue weighted by Crippen LogP contribution is 2.37. The number of thiophene rings is 1. The number of piperazine rings is 1. The van der Waals surface area contributed by atoms with Gasteiger partial charge in [0.25, 0.3) is 0 Å². The van der Waals surface area contributed by atoms with Crippen molar-refractivity contribution in [2.45, 2.75) is 13.5 Å². The van der Waals surface area contributed by atoms with Gasteiger partial charge in [-0.25, -0.2) is 14.8 Å². The molecule has 0 N–H and O–H groups in total. The van der Waals surface area contributed by atoms with Gasteiger partial charge in [-0.1, -0.05) is 60.7 Å². The molecule has 0 saturated carbocycles. The number of hydrogen-bond donors (Lipinski definition) is 0. The summed E-state index contributed by atoms with van der Waals surface area (Å²) in [5, 5.41) is 0.955. The van der Waals surface area contributed by atoms with E-state index in [1.54, 1.807) is 0 Å². The van der Waals surface area contributed by atoms with Gasteiger partial charge in [0.1, 0.15) is 15.5 Å². The lowest BCUT2D eigenvalue weighted by Gasteiger charge is -2.36. The zero-order valence-corrected chi connectivity index (χ0v) is 19.6. The molecule has 7 heteroatoms. The molecule has 0 radical (unpaired) electrons. The monoisotopic (exact) mass is 458 g/mol. The van der Waals surface area contributed by atoms with Crippen LogP contribution in [0.25, 0.3) is 21.6 Å². The number of aromatic nitrogens is 2. The molecule has 168 valence electrons. The summed E-state index contributed by atoms with van der Waals surface area (Å²) in [5.74, 6) is 1.26. The van der Waals surface area contributed by atoms with Crippen LogP contribution in [-0.2, 0) is 11.3 Å². The Morgan fingerprint density at radius 3 is 2.30 bits per heavy atom. The number of esters is 1. The number of hydrogen-bond acceptors (Lipinski definition) is 7. The van der Waals surface area contributed by atoms with E-state index >= 15 is 0 Å². The van der Waals surface area contributed by atoms with Gasteiger partial charge < -0.3 is 9.64 Å². The summed E-state index contributed by atoms with van der Waals surface area (Å²) in [7, 11) is 1.42. The number of methoxy groups -OCH3 is 1. The second kappa shape index (κ2) is 9.29. The molecular weight excluding hydrogens is 432 g/mol. The summed E-state index contributed by atoms with van der Waals surface area (Å²) in [6.07, 6.45) is 0. The number of carbonyl (C=O) groups is 1. The van der Waals surface area contributed by atoms with E-state index in [1.165, 1.54) is 24.0 Å². The quantitative estimate of drug-likeness (QED) is 0.401. The van der Waals surface area contributed by atoms with Gasteiger partial charge >= 0.3 is 5.97 Å². The molecule has 5 rings (SSSR count). The molecule has 1 aliphatic heterocycles. The zero-order chi connectivity index (χ0) is 22.8. The van der Waals surface area contributed by atoms with Crippen LogP contribution in [0.2, 0.25) is 0 Å². The van der Waals surface area contributed by atoms with Crippen molar-refractivity contribution in [2.24, 2.45) is 0 Å². The summed E-state index contributed by atoms with van der Waals surface area (Å²) >= 11 is 1.38. The first-order valence-corrected chi connectivity index (χ1v) is 11.9. The number of anilines is 1. The molecule has 1 saturated heterocycles. The van der Waals surface area contributed by atoms with Crippen molar-refractivity contribution < 1.29 is 9.53 Å². The number of carbonyl (C=O) groups excluding carboxylic acids is 1. The van der Waals surface area contributed by atoms with E-state index in [0.29, 0.717) is 10.7 Å². The second-order valence-electron chi connectivity index (χ2n) is 8.21. The van der Waals surface area contributed by atoms with Crippen LogP contribution in [0.1, 0.15) is 20.8 Å². The van der Waals surface area contributed by atoms with Gasteiger partial charge in [0.05, 0.1) is 12.5 Å². The number of benzene rings is 2. The third-order valence-electron chi connectivity index (χ3n) is 6.09. The largest absolute Gasteiger partial charge is 0.465 e. The minimum absolute atomic E-state index is 0.324. The number of ether oxygens (including phenoxy) is 1. The summed E-state index contributed by atoms with van der Waals surface area (Å²) in [5.41, 5.74) is 3.19. The van der Waals surface area contributed by atoms with Gasteiger partial charge in [-0.3, -0.25) is 4.90 Å². The Kier molecular flexibility index (Phi) is 6.07. The van der Waals surface area contributed by atoms with Crippen molar-refractivity contribution in [3.8, 4) is 11.4 Å². The summed E-state index contributed by atoms with van der Waals surface area (Å²) in [6.45, 7) is 6.56. The van der Waals surface area contributed by atoms with Crippen LogP contribution in [-0.4, -0.2) is 54.1 Å². The van der Waals surface area contributed by atoms with E-state index in [-0.39, 0.29) is 5.97 Å². The van der Waals surface area contributed by atoms with Gasteiger partial charge in [0.2, 0.25) is 0 Å². The highest BCUT2D eigenvalue weighted by Gasteiger charge is 2.26. The number of fused-ring (bicyclic) bond motifs is 1. The first-order chi connectivity index (χ1) is 16.1. The van der Waals surface area contributed by atoms with Crippen molar-refractivity contribution in [3.63, 3.8) is 0 Å². The predicted octanol–water partition coefficient (Wildman–Crippen LogP) is 4.78. The fourth-order valence-electron chi connectivity index (χ4n) is 4.31. The van der Waals surface area contributed by atoms with Crippen molar-refractivity contribution >= 4 is 33.3 Å². The maximum atomic E-state index is 12.4. The van der Waals surface area contributed by atoms with Crippen LogP contribution < -0.4 is 4.90 Å². The molecule has 2 aromatic carbocycles. The molecule has 6 nitrogen and oxygen atoms in total. The third-order valence-corrected chi connectivity index (χ3v) is 7.26. The van der Waals surface area contributed by atoms with Crippen molar-refractivity contribution in [1.29, 1.82) is 0 Å². The van der Waals surface area contributed by atoms with Crippen LogP contribution in [0.3, 0.4) is 0 Å². The Labute approximate surface area is 197 Å². The SMILES string of the molecule is COC(=O)c1sc2nc(-c3ccccc3)nc(N3CCN(Cc4ccccc4)CC3)c2c1C. The molecule has 0 bridgehead atoms. The van der Waals surface area contributed by atoms with E-state index in [9.17, 15) is 4.79 Å². The summed E-state index contributed by atoms with van der Waals surface area (Å²) in [4.78, 5) is 28.5. The zero-order valence-electron chi connectivity index (χ0n) is 18.8. The van der Waals surface area contributed by atoms with E-state index in [0.717, 1.165) is 59.9 Å². The predicted molar refractivity (Wildman–Crippen MR) is 133 cm³/mol. The molecule has 4 aromatic rings. The minimum atomic E-state index is -0.324. The fourth-order valence-corrected chi connectivity index (χ4v) is 5.40. The summed E-state index contributed by atoms with van der Waals surface area (Å²) in [6, 6.07) is 20.6. The van der Waals surface area contributed by atoms with E-state index < -0.39 is 0 Å². The van der Waals surface area contributed by atoms with Gasteiger partial charge in [-0.15, -0.1) is 11.3 Å². The minimum Gasteiger partial charge on any atom is -0.465 e. The van der Waals surface area contributed by atoms with Crippen LogP contribution in [0.5, 0.6) is 0 Å². The van der Waals surface area contributed by atoms with Crippen molar-refractivity contribution in [3.05, 3.63) is 76.7 Å². The lowest BCUT2D eigenvalue weighted by molar-refractivity contribution is 0.0605. The molecule has 0 amide bonds. The molecule has 1 fully saturated rings. The number of aryl methyl sites for hydroxylation is 1. The van der Waals surface area contributed by atoms with Crippen LogP contribution in [0, 0.1) is 6.92 Å². The molecule has 33 heavy (non-hydrogen) atoms. The normalized spacial score (nSPS) is 14.5. The van der Waals surface area contributed by atoms with Crippen LogP contribution in [0.15, 0.2) is 60.7 Å². The first-order valence-electron chi connectivity index (χ1n) is 11.1. The molecule has 0 aliphatic carbocycles. The third kappa shape index (κ3) is 4.34. The van der Waals surface area contributed by atoms with Crippen LogP contribution >= 0.6 is 11.3 Å². The lowest BCUT2D eigenvalue weighted by atomic mass is 10.1. The smallest absolute Gasteiger partial charge is 0.348 e. The van der Waals surface area contributed by atoms with E-state index in [4.69, 9.17) is 14.7 Å². The summed E-state index contributed by atoms with van der Waals surface area (Å²) < 4.78 is 5.02. The van der Waals surface area contributed by atoms with Gasteiger partial charge in [0, 0.05) is 38.3 Å². The molecule has 1 aliphatic rings. The highest BCUT2D eigenvalue weighted by atomic mass is 32.1. The topological polar surface area (TPSA) is 58.6 Å². The Morgan fingerprint density at radius 2 is 1.64 bits per heavy atom. The van der Waals surface area contributed by atoms with E-state index in [2.05, 4.69) is 40.1 Å². The number of nitrogens with zero attached hydrogens (tertiary/aromatic N) is 4. The fraction of sp³-hybridized carbons (Fsp3) is 0.269. The lowest BCUT2D eigenvalue weighted by Crippen LogP contribution is -2.46. The average molecular weight is 459 g/mol. The Balaban J connectivity index is 1.49. The maximum absolute atomic E-state index is 12.4. The molecule has 0 atom stereocenters. The molecule has 2 aromatic heterocycles. The van der Waals surface area contributed by atoms with E-state index in [1.807, 2.05) is 37.3 Å². The van der Waals surface area contributed by atoms with Crippen molar-refractivity contribution in [2.75, 3.05) is 38.2 Å².